The molecule has 0 saturated heterocycles. The fraction of sp³-hybridized carbons (Fsp3) is 0.0526. The lowest BCUT2D eigenvalue weighted by Crippen LogP contribution is -2.09. The van der Waals surface area contributed by atoms with E-state index in [1.165, 1.54) is 11.3 Å². The maximum absolute atomic E-state index is 11.9. The molecule has 0 aliphatic carbocycles. The number of aromatic hydroxyl groups is 1. The standard InChI is InChI=1S/C19H12ClN3O4S3/c1-30(26,27)23-10-4-2-9(3-5-10)12-6-7-13(28-12)14-15-16(24)11(8-21)18(25)22-19(15)29-17(14)20/h2-7,23H,1H3,(H2,22,24,25). The van der Waals surface area contributed by atoms with Gasteiger partial charge in [0, 0.05) is 21.0 Å². The van der Waals surface area contributed by atoms with Gasteiger partial charge in [0.25, 0.3) is 5.56 Å². The van der Waals surface area contributed by atoms with E-state index < -0.39 is 15.6 Å². The highest BCUT2D eigenvalue weighted by Gasteiger charge is 2.22. The number of aromatic amines is 1. The predicted molar refractivity (Wildman–Crippen MR) is 121 cm³/mol. The molecule has 152 valence electrons. The van der Waals surface area contributed by atoms with Crippen molar-refractivity contribution < 1.29 is 13.5 Å². The number of aromatic nitrogens is 1. The van der Waals surface area contributed by atoms with E-state index in [0.29, 0.717) is 25.8 Å². The smallest absolute Gasteiger partial charge is 0.270 e. The highest BCUT2D eigenvalue weighted by atomic mass is 35.5. The monoisotopic (exact) mass is 477 g/mol. The van der Waals surface area contributed by atoms with Crippen molar-refractivity contribution in [3.63, 3.8) is 0 Å². The van der Waals surface area contributed by atoms with Crippen molar-refractivity contribution in [1.29, 1.82) is 5.26 Å². The Balaban J connectivity index is 1.78. The van der Waals surface area contributed by atoms with E-state index in [-0.39, 0.29) is 11.3 Å². The molecule has 0 aliphatic rings. The Labute approximate surface area is 183 Å². The second-order valence-corrected chi connectivity index (χ2v) is 10.8. The first-order valence-electron chi connectivity index (χ1n) is 8.33. The van der Waals surface area contributed by atoms with Crippen LogP contribution >= 0.6 is 34.3 Å². The molecule has 0 unspecified atom stereocenters. The van der Waals surface area contributed by atoms with E-state index in [9.17, 15) is 23.6 Å². The number of hydrogen-bond acceptors (Lipinski definition) is 7. The van der Waals surface area contributed by atoms with Crippen molar-refractivity contribution in [1.82, 2.24) is 4.98 Å². The summed E-state index contributed by atoms with van der Waals surface area (Å²) in [5.74, 6) is -0.388. The van der Waals surface area contributed by atoms with Crippen LogP contribution in [0.15, 0.2) is 41.2 Å². The molecule has 0 spiro atoms. The number of sulfonamides is 1. The number of thiophene rings is 2. The minimum absolute atomic E-state index is 0.335. The first kappa shape index (κ1) is 20.4. The Morgan fingerprint density at radius 3 is 2.43 bits per heavy atom. The number of benzene rings is 1. The van der Waals surface area contributed by atoms with Gasteiger partial charge in [-0.1, -0.05) is 23.7 Å². The number of anilines is 1. The minimum atomic E-state index is -3.35. The normalized spacial score (nSPS) is 11.5. The summed E-state index contributed by atoms with van der Waals surface area (Å²) in [6, 6.07) is 12.4. The number of nitrogens with zero attached hydrogens (tertiary/aromatic N) is 1. The van der Waals surface area contributed by atoms with E-state index in [2.05, 4.69) is 9.71 Å². The quantitative estimate of drug-likeness (QED) is 0.396. The summed E-state index contributed by atoms with van der Waals surface area (Å²) in [4.78, 5) is 16.6. The van der Waals surface area contributed by atoms with Crippen molar-refractivity contribution in [2.75, 3.05) is 11.0 Å². The van der Waals surface area contributed by atoms with Crippen LogP contribution in [0.4, 0.5) is 5.69 Å². The summed E-state index contributed by atoms with van der Waals surface area (Å²) in [5.41, 5.74) is 0.859. The van der Waals surface area contributed by atoms with Crippen LogP contribution in [0.1, 0.15) is 5.56 Å². The predicted octanol–water partition coefficient (Wildman–Crippen LogP) is 4.59. The van der Waals surface area contributed by atoms with Gasteiger partial charge in [0.2, 0.25) is 10.0 Å². The molecule has 3 aromatic heterocycles. The van der Waals surface area contributed by atoms with Gasteiger partial charge in [0.05, 0.1) is 11.6 Å². The molecular formula is C19H12ClN3O4S3. The van der Waals surface area contributed by atoms with E-state index in [1.807, 2.05) is 12.1 Å². The molecule has 0 bridgehead atoms. The van der Waals surface area contributed by atoms with Gasteiger partial charge in [-0.15, -0.1) is 22.7 Å². The summed E-state index contributed by atoms with van der Waals surface area (Å²) >= 11 is 8.93. The summed E-state index contributed by atoms with van der Waals surface area (Å²) < 4.78 is 25.5. The largest absolute Gasteiger partial charge is 0.506 e. The molecule has 7 nitrogen and oxygen atoms in total. The summed E-state index contributed by atoms with van der Waals surface area (Å²) in [7, 11) is -3.35. The van der Waals surface area contributed by atoms with Crippen LogP contribution in [-0.2, 0) is 10.0 Å². The molecule has 0 amide bonds. The molecule has 0 aliphatic heterocycles. The van der Waals surface area contributed by atoms with Crippen molar-refractivity contribution >= 4 is 60.2 Å². The van der Waals surface area contributed by atoms with Gasteiger partial charge in [-0.2, -0.15) is 5.26 Å². The van der Waals surface area contributed by atoms with E-state index in [0.717, 1.165) is 32.9 Å². The zero-order valence-corrected chi connectivity index (χ0v) is 18.4. The lowest BCUT2D eigenvalue weighted by Gasteiger charge is -2.04. The van der Waals surface area contributed by atoms with E-state index in [4.69, 9.17) is 11.6 Å². The molecule has 0 radical (unpaired) electrons. The number of fused-ring (bicyclic) bond motifs is 1. The Morgan fingerprint density at radius 1 is 1.13 bits per heavy atom. The zero-order chi connectivity index (χ0) is 21.6. The highest BCUT2D eigenvalue weighted by Crippen LogP contribution is 2.48. The Hall–Kier alpha value is -2.84. The molecule has 1 aromatic carbocycles. The molecule has 30 heavy (non-hydrogen) atoms. The van der Waals surface area contributed by atoms with Crippen LogP contribution < -0.4 is 10.3 Å². The maximum Gasteiger partial charge on any atom is 0.270 e. The number of pyridine rings is 1. The maximum atomic E-state index is 11.9. The van der Waals surface area contributed by atoms with Crippen LogP contribution in [0.2, 0.25) is 4.34 Å². The molecular weight excluding hydrogens is 466 g/mol. The van der Waals surface area contributed by atoms with E-state index >= 15 is 0 Å². The third kappa shape index (κ3) is 3.68. The summed E-state index contributed by atoms with van der Waals surface area (Å²) in [6.45, 7) is 0. The molecule has 11 heteroatoms. The molecule has 0 atom stereocenters. The van der Waals surface area contributed by atoms with Gasteiger partial charge < -0.3 is 10.1 Å². The highest BCUT2D eigenvalue weighted by molar-refractivity contribution is 7.92. The second kappa shape index (κ2) is 7.45. The Kier molecular flexibility index (Phi) is 5.07. The fourth-order valence-corrected chi connectivity index (χ4v) is 6.10. The lowest BCUT2D eigenvalue weighted by molar-refractivity contribution is 0.479. The third-order valence-electron chi connectivity index (χ3n) is 4.23. The van der Waals surface area contributed by atoms with Crippen molar-refractivity contribution in [2.45, 2.75) is 0 Å². The SMILES string of the molecule is CS(=O)(=O)Nc1ccc(-c2ccc(-c3c(Cl)sc4[nH]c(=O)c(C#N)c(O)c34)s2)cc1. The number of rotatable bonds is 4. The van der Waals surface area contributed by atoms with Crippen molar-refractivity contribution in [2.24, 2.45) is 0 Å². The topological polar surface area (TPSA) is 123 Å². The van der Waals surface area contributed by atoms with Gasteiger partial charge in [-0.3, -0.25) is 9.52 Å². The van der Waals surface area contributed by atoms with Gasteiger partial charge in [-0.05, 0) is 29.8 Å². The third-order valence-corrected chi connectivity index (χ3v) is 7.30. The zero-order valence-electron chi connectivity index (χ0n) is 15.2. The number of H-pyrrole nitrogens is 1. The average molecular weight is 478 g/mol. The molecule has 3 N–H and O–H groups in total. The molecule has 3 heterocycles. The number of nitriles is 1. The summed E-state index contributed by atoms with van der Waals surface area (Å²) in [6.07, 6.45) is 1.09. The van der Waals surface area contributed by atoms with Gasteiger partial charge in [0.15, 0.2) is 5.56 Å². The van der Waals surface area contributed by atoms with Gasteiger partial charge in [-0.25, -0.2) is 8.42 Å². The Bertz CT molecular complexity index is 1490. The second-order valence-electron chi connectivity index (χ2n) is 6.36. The first-order chi connectivity index (χ1) is 14.2. The minimum Gasteiger partial charge on any atom is -0.506 e. The van der Waals surface area contributed by atoms with Crippen molar-refractivity contribution in [3.8, 4) is 32.7 Å². The fourth-order valence-electron chi connectivity index (χ4n) is 2.98. The van der Waals surface area contributed by atoms with Crippen molar-refractivity contribution in [3.05, 3.63) is 56.7 Å². The van der Waals surface area contributed by atoms with Crippen LogP contribution in [0, 0.1) is 11.3 Å². The van der Waals surface area contributed by atoms with Gasteiger partial charge >= 0.3 is 0 Å². The summed E-state index contributed by atoms with van der Waals surface area (Å²) in [5, 5.41) is 20.0. The van der Waals surface area contributed by atoms with Crippen LogP contribution in [0.5, 0.6) is 5.75 Å². The van der Waals surface area contributed by atoms with Crippen LogP contribution in [0.3, 0.4) is 0 Å². The van der Waals surface area contributed by atoms with Crippen LogP contribution in [0.25, 0.3) is 31.1 Å². The molecule has 0 fully saturated rings. The van der Waals surface area contributed by atoms with E-state index in [1.54, 1.807) is 30.3 Å². The number of hydrogen-bond donors (Lipinski definition) is 3. The number of halogens is 1. The molecule has 0 saturated carbocycles. The Morgan fingerprint density at radius 2 is 1.80 bits per heavy atom. The average Bonchev–Trinajstić information content (AvgIpc) is 3.25. The van der Waals surface area contributed by atoms with Gasteiger partial charge in [0.1, 0.15) is 21.0 Å². The first-order valence-corrected chi connectivity index (χ1v) is 12.2. The van der Waals surface area contributed by atoms with Crippen LogP contribution in [-0.4, -0.2) is 24.8 Å². The molecule has 4 aromatic rings. The molecule has 4 rings (SSSR count). The lowest BCUT2D eigenvalue weighted by atomic mass is 10.1. The number of nitrogens with one attached hydrogen (secondary N) is 2.